The molecule has 0 aromatic carbocycles. The molecular formula is C20H46O6Si4. The Kier molecular flexibility index (Phi) is 12.2. The highest BCUT2D eigenvalue weighted by Crippen LogP contribution is 2.42. The van der Waals surface area contributed by atoms with Gasteiger partial charge in [-0.2, -0.15) is 0 Å². The van der Waals surface area contributed by atoms with Gasteiger partial charge in [0.1, 0.15) is 0 Å². The molecule has 178 valence electrons. The maximum absolute atomic E-state index is 10.6. The van der Waals surface area contributed by atoms with E-state index in [9.17, 15) is 4.79 Å². The van der Waals surface area contributed by atoms with Crippen molar-refractivity contribution in [3.63, 3.8) is 0 Å². The number of hydrogen-bond acceptors (Lipinski definition) is 6. The Morgan fingerprint density at radius 3 is 1.83 bits per heavy atom. The van der Waals surface area contributed by atoms with Crippen molar-refractivity contribution in [2.75, 3.05) is 6.61 Å². The molecule has 2 atom stereocenters. The third kappa shape index (κ3) is 8.81. The van der Waals surface area contributed by atoms with Crippen molar-refractivity contribution >= 4 is 40.9 Å². The van der Waals surface area contributed by atoms with Gasteiger partial charge in [-0.1, -0.05) is 55.0 Å². The van der Waals surface area contributed by atoms with E-state index >= 15 is 0 Å². The summed E-state index contributed by atoms with van der Waals surface area (Å²) in [5.41, 5.74) is 1.64. The van der Waals surface area contributed by atoms with E-state index in [1.165, 1.54) is 0 Å². The zero-order valence-electron chi connectivity index (χ0n) is 21.4. The molecule has 0 radical (unpaired) electrons. The van der Waals surface area contributed by atoms with Crippen molar-refractivity contribution in [3.8, 4) is 0 Å². The first-order valence-electron chi connectivity index (χ1n) is 11.1. The van der Waals surface area contributed by atoms with Gasteiger partial charge in [0, 0.05) is 5.57 Å². The molecule has 1 heterocycles. The second-order valence-corrected chi connectivity index (χ2v) is 23.9. The van der Waals surface area contributed by atoms with Crippen molar-refractivity contribution < 1.29 is 26.0 Å². The number of rotatable bonds is 6. The van der Waals surface area contributed by atoms with Crippen LogP contribution in [0.25, 0.3) is 0 Å². The van der Waals surface area contributed by atoms with Gasteiger partial charge in [-0.15, -0.1) is 0 Å². The zero-order chi connectivity index (χ0) is 23.9. The summed E-state index contributed by atoms with van der Waals surface area (Å²) in [6.07, 6.45) is 0.860. The average Bonchev–Trinajstić information content (AvgIpc) is 2.56. The zero-order valence-corrected chi connectivity index (χ0v) is 25.5. The van der Waals surface area contributed by atoms with E-state index in [-0.39, 0.29) is 5.97 Å². The summed E-state index contributed by atoms with van der Waals surface area (Å²) in [5.74, 6) is -0.295. The van der Waals surface area contributed by atoms with Crippen LogP contribution in [0.2, 0.25) is 42.8 Å². The molecular weight excluding hydrogens is 449 g/mol. The van der Waals surface area contributed by atoms with Gasteiger partial charge in [0.2, 0.25) is 0 Å². The third-order valence-corrected chi connectivity index (χ3v) is 23.3. The summed E-state index contributed by atoms with van der Waals surface area (Å²) in [7, 11) is -8.57. The summed E-state index contributed by atoms with van der Waals surface area (Å²) in [4.78, 5) is 10.6. The molecule has 1 saturated heterocycles. The monoisotopic (exact) mass is 494 g/mol. The minimum Gasteiger partial charge on any atom is -0.462 e. The minimum absolute atomic E-state index is 0.295. The SMILES string of the molecule is C=C(C)C(=O)OCCC.CC(C)[Si]1(C)O[Si](C)(C)O[SiH](C)O[Si](C(C)C)(C(C)C)O1. The van der Waals surface area contributed by atoms with Gasteiger partial charge in [0.15, 0.2) is 0 Å². The lowest BCUT2D eigenvalue weighted by Crippen LogP contribution is -2.66. The molecule has 0 aromatic heterocycles. The quantitative estimate of drug-likeness (QED) is 0.261. The van der Waals surface area contributed by atoms with Crippen LogP contribution >= 0.6 is 0 Å². The van der Waals surface area contributed by atoms with Crippen LogP contribution in [0.15, 0.2) is 12.2 Å². The molecule has 0 amide bonds. The smallest absolute Gasteiger partial charge is 0.333 e. The molecule has 2 unspecified atom stereocenters. The maximum atomic E-state index is 10.6. The van der Waals surface area contributed by atoms with Crippen LogP contribution in [0.5, 0.6) is 0 Å². The van der Waals surface area contributed by atoms with E-state index in [2.05, 4.69) is 74.3 Å². The van der Waals surface area contributed by atoms with Crippen molar-refractivity contribution in [2.24, 2.45) is 0 Å². The Bertz CT molecular complexity index is 559. The Hall–Kier alpha value is -0.0825. The van der Waals surface area contributed by atoms with Crippen LogP contribution in [0.4, 0.5) is 0 Å². The van der Waals surface area contributed by atoms with Crippen molar-refractivity contribution in [1.82, 2.24) is 0 Å². The number of hydrogen-bond donors (Lipinski definition) is 0. The van der Waals surface area contributed by atoms with Gasteiger partial charge in [-0.05, 0) is 56.2 Å². The molecule has 1 fully saturated rings. The summed E-state index contributed by atoms with van der Waals surface area (Å²) in [5, 5.41) is 0. The van der Waals surface area contributed by atoms with E-state index in [4.69, 9.17) is 21.2 Å². The van der Waals surface area contributed by atoms with E-state index in [1.54, 1.807) is 6.92 Å². The van der Waals surface area contributed by atoms with Gasteiger partial charge in [-0.3, -0.25) is 0 Å². The minimum atomic E-state index is -2.35. The molecule has 0 saturated carbocycles. The fourth-order valence-corrected chi connectivity index (χ4v) is 24.7. The summed E-state index contributed by atoms with van der Waals surface area (Å²) >= 11 is 0. The Morgan fingerprint density at radius 2 is 1.47 bits per heavy atom. The molecule has 1 aliphatic rings. The number of ether oxygens (including phenoxy) is 1. The van der Waals surface area contributed by atoms with Crippen molar-refractivity contribution in [3.05, 3.63) is 12.2 Å². The second-order valence-electron chi connectivity index (χ2n) is 9.53. The number of carbonyl (C=O) groups is 1. The van der Waals surface area contributed by atoms with E-state index in [0.29, 0.717) is 28.8 Å². The number of carbonyl (C=O) groups excluding carboxylic acids is 1. The van der Waals surface area contributed by atoms with E-state index in [1.807, 2.05) is 6.92 Å². The van der Waals surface area contributed by atoms with Crippen LogP contribution in [0, 0.1) is 0 Å². The normalized spacial score (nSPS) is 25.9. The van der Waals surface area contributed by atoms with Crippen LogP contribution in [0.1, 0.15) is 61.8 Å². The molecule has 10 heteroatoms. The van der Waals surface area contributed by atoms with Gasteiger partial charge in [0.25, 0.3) is 0 Å². The predicted octanol–water partition coefficient (Wildman–Crippen LogP) is 5.88. The first-order chi connectivity index (χ1) is 13.5. The molecule has 30 heavy (non-hydrogen) atoms. The molecule has 0 aromatic rings. The summed E-state index contributed by atoms with van der Waals surface area (Å²) < 4.78 is 31.1. The molecule has 1 rings (SSSR count). The lowest BCUT2D eigenvalue weighted by atomic mass is 10.4. The standard InChI is InChI=1S/C13H34O4Si4.C7H12O2/c1-11(2)20(10)16-19(8,9)14-18(7)15-21(17-20,12(3)4)13(5)6;1-4-5-9-7(8)6(2)3/h11-13,18H,1-10H3;2,4-5H2,1,3H3. The fourth-order valence-electron chi connectivity index (χ4n) is 3.29. The molecule has 0 spiro atoms. The van der Waals surface area contributed by atoms with Gasteiger partial charge in [0.05, 0.1) is 6.61 Å². The molecule has 0 bridgehead atoms. The Labute approximate surface area is 190 Å². The molecule has 6 nitrogen and oxygen atoms in total. The molecule has 0 aliphatic carbocycles. The first kappa shape index (κ1) is 29.9. The van der Waals surface area contributed by atoms with Gasteiger partial charge < -0.3 is 21.2 Å². The third-order valence-electron chi connectivity index (χ3n) is 5.05. The highest BCUT2D eigenvalue weighted by Gasteiger charge is 2.56. The van der Waals surface area contributed by atoms with Crippen LogP contribution in [-0.4, -0.2) is 47.5 Å². The number of esters is 1. The lowest BCUT2D eigenvalue weighted by molar-refractivity contribution is -0.138. The van der Waals surface area contributed by atoms with Crippen LogP contribution in [0.3, 0.4) is 0 Å². The van der Waals surface area contributed by atoms with Crippen LogP contribution < -0.4 is 0 Å². The fraction of sp³-hybridized carbons (Fsp3) is 0.850. The Balaban J connectivity index is 0.000000787. The largest absolute Gasteiger partial charge is 0.462 e. The van der Waals surface area contributed by atoms with Crippen molar-refractivity contribution in [1.29, 1.82) is 0 Å². The average molecular weight is 495 g/mol. The second kappa shape index (κ2) is 12.2. The van der Waals surface area contributed by atoms with E-state index < -0.39 is 35.0 Å². The topological polar surface area (TPSA) is 63.2 Å². The summed E-state index contributed by atoms with van der Waals surface area (Å²) in [6, 6.07) is 0. The van der Waals surface area contributed by atoms with Gasteiger partial charge in [-0.25, -0.2) is 4.79 Å². The molecule has 1 aliphatic heterocycles. The lowest BCUT2D eigenvalue weighted by Gasteiger charge is -2.51. The van der Waals surface area contributed by atoms with Crippen molar-refractivity contribution in [2.45, 2.75) is 105 Å². The van der Waals surface area contributed by atoms with Crippen LogP contribution in [-0.2, 0) is 26.0 Å². The predicted molar refractivity (Wildman–Crippen MR) is 134 cm³/mol. The maximum Gasteiger partial charge on any atom is 0.333 e. The van der Waals surface area contributed by atoms with Gasteiger partial charge >= 0.3 is 40.9 Å². The highest BCUT2D eigenvalue weighted by atomic mass is 28.5. The molecule has 0 N–H and O–H groups in total. The first-order valence-corrected chi connectivity index (χ1v) is 20.4. The Morgan fingerprint density at radius 1 is 0.967 bits per heavy atom. The summed E-state index contributed by atoms with van der Waals surface area (Å²) in [6.45, 7) is 29.4. The highest BCUT2D eigenvalue weighted by molar-refractivity contribution is 6.91. The van der Waals surface area contributed by atoms with E-state index in [0.717, 1.165) is 6.42 Å².